The first-order valence-electron chi connectivity index (χ1n) is 9.46. The summed E-state index contributed by atoms with van der Waals surface area (Å²) in [5.74, 6) is 2.11. The quantitative estimate of drug-likeness (QED) is 0.707. The summed E-state index contributed by atoms with van der Waals surface area (Å²) in [4.78, 5) is 4.95. The summed E-state index contributed by atoms with van der Waals surface area (Å²) in [6, 6.07) is 4.12. The molecule has 6 heteroatoms. The van der Waals surface area contributed by atoms with Gasteiger partial charge in [0.05, 0.1) is 14.2 Å². The monoisotopic (exact) mass is 384 g/mol. The van der Waals surface area contributed by atoms with Crippen LogP contribution in [0.3, 0.4) is 0 Å². The molecule has 1 fully saturated rings. The Morgan fingerprint density at radius 3 is 2.62 bits per heavy atom. The molecule has 26 heavy (non-hydrogen) atoms. The Kier molecular flexibility index (Phi) is 8.48. The van der Waals surface area contributed by atoms with Crippen molar-refractivity contribution >= 4 is 11.6 Å². The standard InChI is InChI=1S/C20H33ClN2O3/c1-15(2)5-7-23-9-8-22(14-18(23)6-10-24)13-16-11-17(21)12-19(25-3)20(16)26-4/h11-12,15,18,24H,5-10,13-14H2,1-4H3. The van der Waals surface area contributed by atoms with E-state index in [-0.39, 0.29) is 6.61 Å². The predicted octanol–water partition coefficient (Wildman–Crippen LogP) is 3.27. The normalized spacial score (nSPS) is 19.1. The Morgan fingerprint density at radius 2 is 2.00 bits per heavy atom. The summed E-state index contributed by atoms with van der Waals surface area (Å²) < 4.78 is 11.0. The van der Waals surface area contributed by atoms with Crippen LogP contribution >= 0.6 is 11.6 Å². The second-order valence-electron chi connectivity index (χ2n) is 7.42. The minimum absolute atomic E-state index is 0.227. The summed E-state index contributed by atoms with van der Waals surface area (Å²) in [6.07, 6.45) is 2.01. The summed E-state index contributed by atoms with van der Waals surface area (Å²) in [5, 5.41) is 10.1. The number of methoxy groups -OCH3 is 2. The first-order chi connectivity index (χ1) is 12.5. The molecule has 0 radical (unpaired) electrons. The van der Waals surface area contributed by atoms with Gasteiger partial charge in [-0.1, -0.05) is 25.4 Å². The molecule has 1 atom stereocenters. The molecule has 1 aliphatic rings. The number of ether oxygens (including phenoxy) is 2. The van der Waals surface area contributed by atoms with Gasteiger partial charge in [0.2, 0.25) is 0 Å². The number of aliphatic hydroxyl groups excluding tert-OH is 1. The first kappa shape index (κ1) is 21.3. The fourth-order valence-electron chi connectivity index (χ4n) is 3.61. The van der Waals surface area contributed by atoms with Gasteiger partial charge in [-0.2, -0.15) is 0 Å². The largest absolute Gasteiger partial charge is 0.493 e. The van der Waals surface area contributed by atoms with Crippen molar-refractivity contribution in [2.24, 2.45) is 5.92 Å². The summed E-state index contributed by atoms with van der Waals surface area (Å²) in [5.41, 5.74) is 1.04. The molecule has 0 amide bonds. The highest BCUT2D eigenvalue weighted by Crippen LogP contribution is 2.35. The van der Waals surface area contributed by atoms with Crippen molar-refractivity contribution in [1.82, 2.24) is 9.80 Å². The van der Waals surface area contributed by atoms with Gasteiger partial charge in [-0.15, -0.1) is 0 Å². The van der Waals surface area contributed by atoms with E-state index in [1.54, 1.807) is 20.3 Å². The van der Waals surface area contributed by atoms with E-state index in [1.165, 1.54) is 6.42 Å². The van der Waals surface area contributed by atoms with Gasteiger partial charge in [-0.3, -0.25) is 9.80 Å². The van der Waals surface area contributed by atoms with Gasteiger partial charge < -0.3 is 14.6 Å². The van der Waals surface area contributed by atoms with Gasteiger partial charge in [-0.05, 0) is 31.4 Å². The van der Waals surface area contributed by atoms with Crippen molar-refractivity contribution in [3.63, 3.8) is 0 Å². The zero-order valence-electron chi connectivity index (χ0n) is 16.5. The molecule has 0 aromatic heterocycles. The molecule has 1 aliphatic heterocycles. The topological polar surface area (TPSA) is 45.2 Å². The fraction of sp³-hybridized carbons (Fsp3) is 0.700. The summed E-state index contributed by atoms with van der Waals surface area (Å²) in [6.45, 7) is 9.58. The van der Waals surface area contributed by atoms with Gasteiger partial charge in [0.1, 0.15) is 0 Å². The van der Waals surface area contributed by atoms with Crippen molar-refractivity contribution in [1.29, 1.82) is 0 Å². The summed E-state index contributed by atoms with van der Waals surface area (Å²) >= 11 is 6.25. The number of rotatable bonds is 9. The van der Waals surface area contributed by atoms with Crippen LogP contribution in [0.25, 0.3) is 0 Å². The molecule has 1 unspecified atom stereocenters. The molecule has 1 saturated heterocycles. The predicted molar refractivity (Wildman–Crippen MR) is 106 cm³/mol. The van der Waals surface area contributed by atoms with Crippen molar-refractivity contribution < 1.29 is 14.6 Å². The molecule has 0 aliphatic carbocycles. The molecular formula is C20H33ClN2O3. The molecule has 5 nitrogen and oxygen atoms in total. The summed E-state index contributed by atoms with van der Waals surface area (Å²) in [7, 11) is 3.29. The van der Waals surface area contributed by atoms with Crippen LogP contribution in [0.4, 0.5) is 0 Å². The first-order valence-corrected chi connectivity index (χ1v) is 9.83. The Hall–Kier alpha value is -1.01. The Labute approximate surface area is 162 Å². The maximum absolute atomic E-state index is 9.48. The highest BCUT2D eigenvalue weighted by atomic mass is 35.5. The van der Waals surface area contributed by atoms with E-state index in [0.29, 0.717) is 22.7 Å². The molecular weight excluding hydrogens is 352 g/mol. The van der Waals surface area contributed by atoms with E-state index < -0.39 is 0 Å². The maximum Gasteiger partial charge on any atom is 0.165 e. The van der Waals surface area contributed by atoms with Gasteiger partial charge in [0.15, 0.2) is 11.5 Å². The second-order valence-corrected chi connectivity index (χ2v) is 7.86. The third-order valence-corrected chi connectivity index (χ3v) is 5.28. The van der Waals surface area contributed by atoms with Crippen LogP contribution in [-0.4, -0.2) is 68.0 Å². The van der Waals surface area contributed by atoms with Gasteiger partial charge in [-0.25, -0.2) is 0 Å². The molecule has 1 aromatic rings. The average molecular weight is 385 g/mol. The minimum atomic E-state index is 0.227. The lowest BCUT2D eigenvalue weighted by molar-refractivity contribution is 0.0520. The van der Waals surface area contributed by atoms with Crippen molar-refractivity contribution in [3.8, 4) is 11.5 Å². The van der Waals surface area contributed by atoms with Crippen LogP contribution in [0.5, 0.6) is 11.5 Å². The Balaban J connectivity index is 2.08. The van der Waals surface area contributed by atoms with E-state index in [0.717, 1.165) is 50.5 Å². The number of aliphatic hydroxyl groups is 1. The van der Waals surface area contributed by atoms with E-state index in [2.05, 4.69) is 23.6 Å². The van der Waals surface area contributed by atoms with Crippen LogP contribution in [0.1, 0.15) is 32.3 Å². The molecule has 148 valence electrons. The second kappa shape index (κ2) is 10.4. The number of halogens is 1. The smallest absolute Gasteiger partial charge is 0.165 e. The van der Waals surface area contributed by atoms with Crippen molar-refractivity contribution in [2.45, 2.75) is 39.3 Å². The number of benzene rings is 1. The lowest BCUT2D eigenvalue weighted by Gasteiger charge is -2.42. The lowest BCUT2D eigenvalue weighted by atomic mass is 10.0. The van der Waals surface area contributed by atoms with Crippen LogP contribution in [0, 0.1) is 5.92 Å². The van der Waals surface area contributed by atoms with Gasteiger partial charge in [0.25, 0.3) is 0 Å². The highest BCUT2D eigenvalue weighted by Gasteiger charge is 2.27. The third kappa shape index (κ3) is 5.74. The Bertz CT molecular complexity index is 568. The van der Waals surface area contributed by atoms with Gasteiger partial charge in [0, 0.05) is 55.5 Å². The number of hydrogen-bond donors (Lipinski definition) is 1. The fourth-order valence-corrected chi connectivity index (χ4v) is 3.84. The minimum Gasteiger partial charge on any atom is -0.493 e. The van der Waals surface area contributed by atoms with E-state index in [9.17, 15) is 5.11 Å². The van der Waals surface area contributed by atoms with Gasteiger partial charge >= 0.3 is 0 Å². The van der Waals surface area contributed by atoms with Crippen LogP contribution in [-0.2, 0) is 6.54 Å². The van der Waals surface area contributed by atoms with E-state index in [1.807, 2.05) is 6.07 Å². The molecule has 2 rings (SSSR count). The van der Waals surface area contributed by atoms with Crippen molar-refractivity contribution in [2.75, 3.05) is 47.0 Å². The Morgan fingerprint density at radius 1 is 1.23 bits per heavy atom. The van der Waals surface area contributed by atoms with E-state index in [4.69, 9.17) is 21.1 Å². The lowest BCUT2D eigenvalue weighted by Crippen LogP contribution is -2.53. The maximum atomic E-state index is 9.48. The van der Waals surface area contributed by atoms with Crippen LogP contribution in [0.2, 0.25) is 5.02 Å². The molecule has 1 N–H and O–H groups in total. The van der Waals surface area contributed by atoms with Crippen LogP contribution < -0.4 is 9.47 Å². The number of nitrogens with zero attached hydrogens (tertiary/aromatic N) is 2. The molecule has 0 saturated carbocycles. The number of hydrogen-bond acceptors (Lipinski definition) is 5. The molecule has 0 bridgehead atoms. The third-order valence-electron chi connectivity index (χ3n) is 5.06. The highest BCUT2D eigenvalue weighted by molar-refractivity contribution is 6.30. The number of piperazine rings is 1. The molecule has 0 spiro atoms. The zero-order chi connectivity index (χ0) is 19.1. The molecule has 1 heterocycles. The van der Waals surface area contributed by atoms with E-state index >= 15 is 0 Å². The SMILES string of the molecule is COc1cc(Cl)cc(CN2CCN(CCC(C)C)C(CCO)C2)c1OC. The molecule has 1 aromatic carbocycles. The zero-order valence-corrected chi connectivity index (χ0v) is 17.3. The average Bonchev–Trinajstić information content (AvgIpc) is 2.60. The van der Waals surface area contributed by atoms with Crippen LogP contribution in [0.15, 0.2) is 12.1 Å². The van der Waals surface area contributed by atoms with Crippen molar-refractivity contribution in [3.05, 3.63) is 22.7 Å².